The summed E-state index contributed by atoms with van der Waals surface area (Å²) in [5.41, 5.74) is 2.12. The summed E-state index contributed by atoms with van der Waals surface area (Å²) in [6.07, 6.45) is 1.01. The normalized spacial score (nSPS) is 12.8. The van der Waals surface area contributed by atoms with Crippen LogP contribution in [0.2, 0.25) is 0 Å². The lowest BCUT2D eigenvalue weighted by molar-refractivity contribution is -0.710. The van der Waals surface area contributed by atoms with Gasteiger partial charge in [-0.2, -0.15) is 0 Å². The Morgan fingerprint density at radius 3 is 2.32 bits per heavy atom. The monoisotopic (exact) mass is 351 g/mol. The second-order valence-corrected chi connectivity index (χ2v) is 6.24. The van der Waals surface area contributed by atoms with E-state index < -0.39 is 18.7 Å². The Hall–Kier alpha value is -2.31. The van der Waals surface area contributed by atoms with Crippen LogP contribution < -0.4 is 0 Å². The van der Waals surface area contributed by atoms with E-state index in [2.05, 4.69) is 19.1 Å². The average Bonchev–Trinajstić information content (AvgIpc) is 2.59. The number of hydrogen-bond acceptors (Lipinski definition) is 5. The number of rotatable bonds is 10. The van der Waals surface area contributed by atoms with Crippen molar-refractivity contribution in [3.8, 4) is 0 Å². The Labute approximate surface area is 149 Å². The Balaban J connectivity index is 2.47. The molecule has 1 atom stereocenters. The van der Waals surface area contributed by atoms with Crippen LogP contribution in [0.1, 0.15) is 51.7 Å². The third-order valence-corrected chi connectivity index (χ3v) is 3.83. The van der Waals surface area contributed by atoms with E-state index in [4.69, 9.17) is 9.57 Å². The molecule has 0 spiro atoms. The van der Waals surface area contributed by atoms with Crippen molar-refractivity contribution in [1.29, 1.82) is 0 Å². The largest absolute Gasteiger partial charge is 0.569 e. The summed E-state index contributed by atoms with van der Waals surface area (Å²) in [6.45, 7) is 10.4. The molecule has 7 heteroatoms. The predicted octanol–water partition coefficient (Wildman–Crippen LogP) is 3.64. The number of hydrogen-bond donors (Lipinski definition) is 0. The maximum absolute atomic E-state index is 12.1. The molecule has 7 nitrogen and oxygen atoms in total. The summed E-state index contributed by atoms with van der Waals surface area (Å²) in [5, 5.41) is 16.3. The van der Waals surface area contributed by atoms with Gasteiger partial charge in [-0.3, -0.25) is 4.79 Å². The van der Waals surface area contributed by atoms with Crippen molar-refractivity contribution in [3.05, 3.63) is 40.6 Å². The van der Waals surface area contributed by atoms with Crippen molar-refractivity contribution in [2.24, 2.45) is 11.2 Å². The van der Waals surface area contributed by atoms with Crippen LogP contribution in [0, 0.1) is 11.1 Å². The second-order valence-electron chi connectivity index (χ2n) is 6.24. The van der Waals surface area contributed by atoms with Crippen LogP contribution in [0.4, 0.5) is 0 Å². The SMILES string of the molecule is CCN(CC)/[N+]([O-])=N/OCOC(=O)C(C)c1ccc(CC(C)C)cc1. The van der Waals surface area contributed by atoms with Crippen LogP contribution in [0.5, 0.6) is 0 Å². The topological polar surface area (TPSA) is 77.2 Å². The van der Waals surface area contributed by atoms with E-state index >= 15 is 0 Å². The van der Waals surface area contributed by atoms with Gasteiger partial charge in [0, 0.05) is 0 Å². The molecule has 0 bridgehead atoms. The van der Waals surface area contributed by atoms with Gasteiger partial charge in [0.2, 0.25) is 5.28 Å². The van der Waals surface area contributed by atoms with E-state index in [1.807, 2.05) is 38.1 Å². The Bertz CT molecular complexity index is 554. The fourth-order valence-corrected chi connectivity index (χ4v) is 2.35. The van der Waals surface area contributed by atoms with E-state index in [-0.39, 0.29) is 0 Å². The summed E-state index contributed by atoms with van der Waals surface area (Å²) in [6, 6.07) is 7.94. The second kappa shape index (κ2) is 10.5. The van der Waals surface area contributed by atoms with Gasteiger partial charge >= 0.3 is 5.97 Å². The van der Waals surface area contributed by atoms with E-state index in [0.717, 1.165) is 12.0 Å². The van der Waals surface area contributed by atoms with Crippen LogP contribution in [0.3, 0.4) is 0 Å². The molecule has 0 aliphatic carbocycles. The minimum atomic E-state index is -0.424. The van der Waals surface area contributed by atoms with Gasteiger partial charge in [-0.05, 0) is 44.2 Å². The molecule has 1 unspecified atom stereocenters. The number of carbonyl (C=O) groups is 1. The highest BCUT2D eigenvalue weighted by Crippen LogP contribution is 2.18. The van der Waals surface area contributed by atoms with E-state index in [1.165, 1.54) is 10.6 Å². The number of nitrogens with zero attached hydrogens (tertiary/aromatic N) is 3. The van der Waals surface area contributed by atoms with Gasteiger partial charge in [-0.25, -0.2) is 0 Å². The fourth-order valence-electron chi connectivity index (χ4n) is 2.35. The van der Waals surface area contributed by atoms with Crippen molar-refractivity contribution >= 4 is 5.97 Å². The maximum atomic E-state index is 12.1. The van der Waals surface area contributed by atoms with Crippen molar-refractivity contribution in [3.63, 3.8) is 0 Å². The highest BCUT2D eigenvalue weighted by Gasteiger charge is 2.17. The summed E-state index contributed by atoms with van der Waals surface area (Å²) >= 11 is 0. The van der Waals surface area contributed by atoms with Crippen LogP contribution in [0.25, 0.3) is 0 Å². The third-order valence-electron chi connectivity index (χ3n) is 3.83. The maximum Gasteiger partial charge on any atom is 0.316 e. The van der Waals surface area contributed by atoms with Crippen LogP contribution in [-0.4, -0.2) is 35.8 Å². The molecule has 1 rings (SSSR count). The first-order valence-electron chi connectivity index (χ1n) is 8.69. The Morgan fingerprint density at radius 1 is 1.20 bits per heavy atom. The molecule has 1 aromatic carbocycles. The summed E-state index contributed by atoms with van der Waals surface area (Å²) in [4.78, 5) is 17.2. The highest BCUT2D eigenvalue weighted by atomic mass is 16.8. The van der Waals surface area contributed by atoms with E-state index in [9.17, 15) is 10.0 Å². The molecular formula is C18H29N3O4. The number of esters is 1. The molecule has 25 heavy (non-hydrogen) atoms. The summed E-state index contributed by atoms with van der Waals surface area (Å²) in [5.74, 6) is -0.249. The van der Waals surface area contributed by atoms with E-state index in [1.54, 1.807) is 6.92 Å². The molecule has 0 amide bonds. The zero-order chi connectivity index (χ0) is 18.8. The van der Waals surface area contributed by atoms with Crippen molar-refractivity contribution in [2.45, 2.75) is 47.0 Å². The number of ether oxygens (including phenoxy) is 1. The Kier molecular flexibility index (Phi) is 8.74. The molecule has 0 N–H and O–H groups in total. The molecule has 0 heterocycles. The molecule has 0 aromatic heterocycles. The van der Waals surface area contributed by atoms with E-state index in [0.29, 0.717) is 24.0 Å². The predicted molar refractivity (Wildman–Crippen MR) is 94.4 cm³/mol. The van der Waals surface area contributed by atoms with Crippen LogP contribution in [0.15, 0.2) is 29.5 Å². The van der Waals surface area contributed by atoms with Crippen molar-refractivity contribution < 1.29 is 19.3 Å². The van der Waals surface area contributed by atoms with Crippen molar-refractivity contribution in [1.82, 2.24) is 5.01 Å². The molecule has 0 aliphatic rings. The summed E-state index contributed by atoms with van der Waals surface area (Å²) in [7, 11) is 0. The standard InChI is InChI=1S/C18H29N3O4/c1-6-20(7-2)21(23)19-25-13-24-18(22)15(5)17-10-8-16(9-11-17)12-14(3)4/h8-11,14-15H,6-7,12-13H2,1-5H3/b21-19-. The first-order valence-corrected chi connectivity index (χ1v) is 8.69. The molecule has 0 fully saturated rings. The van der Waals surface area contributed by atoms with Gasteiger partial charge in [0.1, 0.15) is 0 Å². The summed E-state index contributed by atoms with van der Waals surface area (Å²) < 4.78 is 5.01. The van der Waals surface area contributed by atoms with Crippen molar-refractivity contribution in [2.75, 3.05) is 19.9 Å². The van der Waals surface area contributed by atoms with Gasteiger partial charge in [0.25, 0.3) is 6.79 Å². The molecule has 0 radical (unpaired) electrons. The zero-order valence-corrected chi connectivity index (χ0v) is 15.8. The van der Waals surface area contributed by atoms with Crippen LogP contribution in [-0.2, 0) is 20.8 Å². The third kappa shape index (κ3) is 6.99. The first kappa shape index (κ1) is 20.7. The van der Waals surface area contributed by atoms with Gasteiger partial charge < -0.3 is 14.8 Å². The molecular weight excluding hydrogens is 322 g/mol. The molecule has 0 saturated heterocycles. The van der Waals surface area contributed by atoms with Crippen LogP contribution >= 0.6 is 0 Å². The lowest BCUT2D eigenvalue weighted by Gasteiger charge is -2.14. The molecule has 140 valence electrons. The average molecular weight is 351 g/mol. The van der Waals surface area contributed by atoms with Gasteiger partial charge in [0.15, 0.2) is 0 Å². The number of hydrazine groups is 1. The first-order chi connectivity index (χ1) is 11.9. The molecule has 0 aliphatic heterocycles. The lowest BCUT2D eigenvalue weighted by Crippen LogP contribution is -2.30. The van der Waals surface area contributed by atoms with Gasteiger partial charge in [-0.1, -0.05) is 38.1 Å². The minimum Gasteiger partial charge on any atom is -0.569 e. The number of carbonyl (C=O) groups excluding carboxylic acids is 1. The fraction of sp³-hybridized carbons (Fsp3) is 0.611. The minimum absolute atomic E-state index is 0.352. The van der Waals surface area contributed by atoms with Gasteiger partial charge in [0.05, 0.1) is 24.0 Å². The number of benzene rings is 1. The lowest BCUT2D eigenvalue weighted by atomic mass is 9.97. The Morgan fingerprint density at radius 2 is 1.80 bits per heavy atom. The quantitative estimate of drug-likeness (QED) is 0.161. The highest BCUT2D eigenvalue weighted by molar-refractivity contribution is 5.77. The zero-order valence-electron chi connectivity index (χ0n) is 15.8. The smallest absolute Gasteiger partial charge is 0.316 e. The molecule has 0 saturated carbocycles. The van der Waals surface area contributed by atoms with Gasteiger partial charge in [-0.15, -0.1) is 5.01 Å². The molecule has 1 aromatic rings.